The summed E-state index contributed by atoms with van der Waals surface area (Å²) < 4.78 is 0. The Morgan fingerprint density at radius 3 is 2.68 bits per heavy atom. The molecule has 4 heterocycles. The van der Waals surface area contributed by atoms with E-state index in [-0.39, 0.29) is 24.2 Å². The molecule has 1 aromatic carbocycles. The van der Waals surface area contributed by atoms with Crippen molar-refractivity contribution in [2.24, 2.45) is 0 Å². The lowest BCUT2D eigenvalue weighted by Crippen LogP contribution is -2.34. The van der Waals surface area contributed by atoms with Gasteiger partial charge in [-0.2, -0.15) is 0 Å². The van der Waals surface area contributed by atoms with E-state index >= 15 is 0 Å². The molecule has 9 nitrogen and oxygen atoms in total. The quantitative estimate of drug-likeness (QED) is 0.350. The van der Waals surface area contributed by atoms with Crippen molar-refractivity contribution in [2.45, 2.75) is 38.5 Å². The average molecular weight is 528 g/mol. The molecule has 1 unspecified atom stereocenters. The van der Waals surface area contributed by atoms with Crippen LogP contribution in [0.2, 0.25) is 0 Å². The molecule has 194 valence electrons. The second-order valence-corrected chi connectivity index (χ2v) is 10.4. The van der Waals surface area contributed by atoms with Crippen LogP contribution < -0.4 is 15.5 Å². The molecule has 2 N–H and O–H groups in total. The van der Waals surface area contributed by atoms with Gasteiger partial charge in [-0.3, -0.25) is 14.6 Å². The second kappa shape index (κ2) is 11.9. The highest BCUT2D eigenvalue weighted by molar-refractivity contribution is 7.15. The van der Waals surface area contributed by atoms with Gasteiger partial charge in [0.1, 0.15) is 10.8 Å². The number of anilines is 3. The topological polar surface area (TPSA) is 113 Å². The largest absolute Gasteiger partial charge is 0.370 e. The third kappa shape index (κ3) is 6.77. The van der Waals surface area contributed by atoms with E-state index in [0.29, 0.717) is 23.1 Å². The van der Waals surface area contributed by atoms with Crippen molar-refractivity contribution < 1.29 is 9.59 Å². The Hall–Kier alpha value is -4.18. The van der Waals surface area contributed by atoms with E-state index in [1.54, 1.807) is 12.4 Å². The molecule has 0 bridgehead atoms. The normalized spacial score (nSPS) is 15.2. The number of hydrogen-bond acceptors (Lipinski definition) is 8. The number of benzene rings is 1. The first-order chi connectivity index (χ1) is 18.5. The van der Waals surface area contributed by atoms with Crippen molar-refractivity contribution in [1.82, 2.24) is 20.2 Å². The van der Waals surface area contributed by atoms with Gasteiger partial charge in [0.15, 0.2) is 0 Å². The third-order valence-electron chi connectivity index (χ3n) is 6.35. The molecule has 1 aliphatic rings. The second-order valence-electron chi connectivity index (χ2n) is 9.39. The highest BCUT2D eigenvalue weighted by Gasteiger charge is 2.25. The standard InChI is InChI=1S/C28H29N7O2S/c1-19-6-4-7-20(14-19)15-25(36)31-24-11-10-23(17-30-24)35-13-5-8-21(18-35)27-33-34-28(38-27)32-26(37)16-22-9-2-3-12-29-22/h2-4,6-7,9-12,14,17,21H,5,8,13,15-16,18H2,1H3,(H,30,31,36)(H,32,34,37). The summed E-state index contributed by atoms with van der Waals surface area (Å²) in [5.74, 6) is 0.508. The van der Waals surface area contributed by atoms with Crippen LogP contribution in [0.4, 0.5) is 16.6 Å². The van der Waals surface area contributed by atoms with Crippen LogP contribution in [-0.2, 0) is 22.4 Å². The van der Waals surface area contributed by atoms with Crippen LogP contribution in [-0.4, -0.2) is 45.1 Å². The Morgan fingerprint density at radius 1 is 1.00 bits per heavy atom. The predicted octanol–water partition coefficient (Wildman–Crippen LogP) is 4.38. The summed E-state index contributed by atoms with van der Waals surface area (Å²) in [4.78, 5) is 35.7. The summed E-state index contributed by atoms with van der Waals surface area (Å²) in [5.41, 5.74) is 3.82. The van der Waals surface area contributed by atoms with E-state index in [4.69, 9.17) is 0 Å². The zero-order chi connectivity index (χ0) is 26.3. The van der Waals surface area contributed by atoms with Gasteiger partial charge in [-0.25, -0.2) is 4.98 Å². The smallest absolute Gasteiger partial charge is 0.232 e. The van der Waals surface area contributed by atoms with Gasteiger partial charge in [0.2, 0.25) is 16.9 Å². The molecule has 1 aliphatic heterocycles. The molecule has 38 heavy (non-hydrogen) atoms. The maximum atomic E-state index is 12.4. The number of hydrogen-bond donors (Lipinski definition) is 2. The van der Waals surface area contributed by atoms with Gasteiger partial charge in [0, 0.05) is 30.9 Å². The number of aryl methyl sites for hydroxylation is 1. The summed E-state index contributed by atoms with van der Waals surface area (Å²) in [6.45, 7) is 3.72. The van der Waals surface area contributed by atoms with E-state index in [1.807, 2.05) is 61.5 Å². The summed E-state index contributed by atoms with van der Waals surface area (Å²) in [6, 6.07) is 17.3. The Balaban J connectivity index is 1.15. The predicted molar refractivity (Wildman–Crippen MR) is 148 cm³/mol. The highest BCUT2D eigenvalue weighted by Crippen LogP contribution is 2.32. The van der Waals surface area contributed by atoms with E-state index in [0.717, 1.165) is 47.8 Å². The van der Waals surface area contributed by atoms with E-state index < -0.39 is 0 Å². The fourth-order valence-corrected chi connectivity index (χ4v) is 5.42. The van der Waals surface area contributed by atoms with Crippen molar-refractivity contribution in [3.05, 3.63) is 88.8 Å². The molecule has 0 spiro atoms. The van der Waals surface area contributed by atoms with E-state index in [9.17, 15) is 9.59 Å². The zero-order valence-electron chi connectivity index (χ0n) is 21.1. The Bertz CT molecular complexity index is 1390. The number of amides is 2. The first-order valence-electron chi connectivity index (χ1n) is 12.6. The Labute approximate surface area is 225 Å². The first-order valence-corrected chi connectivity index (χ1v) is 13.4. The minimum Gasteiger partial charge on any atom is -0.370 e. The lowest BCUT2D eigenvalue weighted by molar-refractivity contribution is -0.116. The first kappa shape index (κ1) is 25.5. The summed E-state index contributed by atoms with van der Waals surface area (Å²) >= 11 is 1.42. The van der Waals surface area contributed by atoms with Crippen LogP contribution in [0.1, 0.15) is 40.6 Å². The molecule has 1 atom stereocenters. The molecule has 3 aromatic heterocycles. The number of aromatic nitrogens is 4. The Morgan fingerprint density at radius 2 is 1.89 bits per heavy atom. The maximum Gasteiger partial charge on any atom is 0.232 e. The molecule has 0 radical (unpaired) electrons. The van der Waals surface area contributed by atoms with Crippen LogP contribution in [0.5, 0.6) is 0 Å². The van der Waals surface area contributed by atoms with Gasteiger partial charge in [-0.1, -0.05) is 47.2 Å². The van der Waals surface area contributed by atoms with E-state index in [1.165, 1.54) is 11.3 Å². The highest BCUT2D eigenvalue weighted by atomic mass is 32.1. The number of nitrogens with one attached hydrogen (secondary N) is 2. The fraction of sp³-hybridized carbons (Fsp3) is 0.286. The Kier molecular flexibility index (Phi) is 7.98. The van der Waals surface area contributed by atoms with Gasteiger partial charge in [0.05, 0.1) is 24.7 Å². The monoisotopic (exact) mass is 527 g/mol. The number of piperidine rings is 1. The summed E-state index contributed by atoms with van der Waals surface area (Å²) in [6.07, 6.45) is 6.00. The fourth-order valence-electron chi connectivity index (χ4n) is 4.54. The number of rotatable bonds is 8. The van der Waals surface area contributed by atoms with Gasteiger partial charge in [0.25, 0.3) is 0 Å². The van der Waals surface area contributed by atoms with Crippen molar-refractivity contribution in [3.63, 3.8) is 0 Å². The van der Waals surface area contributed by atoms with Crippen molar-refractivity contribution in [1.29, 1.82) is 0 Å². The van der Waals surface area contributed by atoms with Gasteiger partial charge in [-0.05, 0) is 49.6 Å². The maximum absolute atomic E-state index is 12.4. The third-order valence-corrected chi connectivity index (χ3v) is 7.35. The molecule has 0 saturated carbocycles. The van der Waals surface area contributed by atoms with Crippen LogP contribution in [0.3, 0.4) is 0 Å². The molecule has 5 rings (SSSR count). The lowest BCUT2D eigenvalue weighted by Gasteiger charge is -2.33. The van der Waals surface area contributed by atoms with Crippen LogP contribution in [0.25, 0.3) is 0 Å². The minimum atomic E-state index is -0.159. The summed E-state index contributed by atoms with van der Waals surface area (Å²) in [5, 5.41) is 15.7. The molecule has 1 saturated heterocycles. The zero-order valence-corrected chi connectivity index (χ0v) is 21.9. The lowest BCUT2D eigenvalue weighted by atomic mass is 9.98. The van der Waals surface area contributed by atoms with Gasteiger partial charge in [-0.15, -0.1) is 10.2 Å². The number of carbonyl (C=O) groups excluding carboxylic acids is 2. The van der Waals surface area contributed by atoms with Crippen LogP contribution >= 0.6 is 11.3 Å². The average Bonchev–Trinajstić information content (AvgIpc) is 3.38. The van der Waals surface area contributed by atoms with Crippen LogP contribution in [0.15, 0.2) is 67.0 Å². The van der Waals surface area contributed by atoms with Gasteiger partial charge < -0.3 is 15.5 Å². The number of nitrogens with zero attached hydrogens (tertiary/aromatic N) is 5. The molecular formula is C28H29N7O2S. The molecule has 0 aliphatic carbocycles. The molecule has 10 heteroatoms. The van der Waals surface area contributed by atoms with Crippen molar-refractivity contribution in [3.8, 4) is 0 Å². The van der Waals surface area contributed by atoms with Crippen molar-refractivity contribution in [2.75, 3.05) is 28.6 Å². The minimum absolute atomic E-state index is 0.0897. The summed E-state index contributed by atoms with van der Waals surface area (Å²) in [7, 11) is 0. The van der Waals surface area contributed by atoms with E-state index in [2.05, 4.69) is 35.7 Å². The van der Waals surface area contributed by atoms with Gasteiger partial charge >= 0.3 is 0 Å². The number of carbonyl (C=O) groups is 2. The van der Waals surface area contributed by atoms with Crippen LogP contribution in [0, 0.1) is 6.92 Å². The molecular weight excluding hydrogens is 498 g/mol. The SMILES string of the molecule is Cc1cccc(CC(=O)Nc2ccc(N3CCCC(c4nnc(NC(=O)Cc5ccccn5)s4)C3)cn2)c1. The van der Waals surface area contributed by atoms with Crippen molar-refractivity contribution >= 4 is 39.8 Å². The number of pyridine rings is 2. The molecule has 1 fully saturated rings. The molecule has 4 aromatic rings. The molecule has 2 amide bonds.